The van der Waals surface area contributed by atoms with Gasteiger partial charge in [-0.25, -0.2) is 13.4 Å². The van der Waals surface area contributed by atoms with Crippen LogP contribution in [0.25, 0.3) is 11.5 Å². The van der Waals surface area contributed by atoms with Crippen molar-refractivity contribution in [2.75, 3.05) is 26.5 Å². The Bertz CT molecular complexity index is 1240. The summed E-state index contributed by atoms with van der Waals surface area (Å²) in [7, 11) is -0.639. The average Bonchev–Trinajstić information content (AvgIpc) is 3.12. The third kappa shape index (κ3) is 6.72. The summed E-state index contributed by atoms with van der Waals surface area (Å²) >= 11 is 5.99. The van der Waals surface area contributed by atoms with Gasteiger partial charge in [0, 0.05) is 17.1 Å². The molecule has 0 aliphatic carbocycles. The van der Waals surface area contributed by atoms with E-state index < -0.39 is 27.3 Å². The second-order valence-corrected chi connectivity index (χ2v) is 9.84. The van der Waals surface area contributed by atoms with Crippen LogP contribution in [0.5, 0.6) is 11.5 Å². The lowest BCUT2D eigenvalue weighted by atomic mass is 10.1. The lowest BCUT2D eigenvalue weighted by molar-refractivity contribution is -0.118. The highest BCUT2D eigenvalue weighted by Gasteiger charge is 2.22. The molecule has 3 aromatic rings. The highest BCUT2D eigenvalue weighted by atomic mass is 35.5. The Morgan fingerprint density at radius 2 is 1.94 bits per heavy atom. The quantitative estimate of drug-likeness (QED) is 0.460. The van der Waals surface area contributed by atoms with Crippen LogP contribution < -0.4 is 14.8 Å². The Kier molecular flexibility index (Phi) is 7.99. The summed E-state index contributed by atoms with van der Waals surface area (Å²) in [4.78, 5) is 16.5. The highest BCUT2D eigenvalue weighted by molar-refractivity contribution is 7.91. The van der Waals surface area contributed by atoms with E-state index in [-0.39, 0.29) is 18.1 Å². The van der Waals surface area contributed by atoms with Gasteiger partial charge < -0.3 is 19.2 Å². The number of methoxy groups -OCH3 is 2. The Morgan fingerprint density at radius 3 is 2.64 bits per heavy atom. The number of nitrogens with one attached hydrogen (secondary N) is 1. The van der Waals surface area contributed by atoms with Gasteiger partial charge in [-0.2, -0.15) is 0 Å². The zero-order valence-corrected chi connectivity index (χ0v) is 20.1. The van der Waals surface area contributed by atoms with Crippen molar-refractivity contribution in [3.8, 4) is 23.0 Å². The molecular weight excluding hydrogens is 468 g/mol. The third-order valence-electron chi connectivity index (χ3n) is 4.88. The molecule has 2 aromatic carbocycles. The normalized spacial score (nSPS) is 11.3. The van der Waals surface area contributed by atoms with E-state index in [0.29, 0.717) is 34.3 Å². The maximum atomic E-state index is 12.6. The van der Waals surface area contributed by atoms with Gasteiger partial charge in [0.15, 0.2) is 9.84 Å². The average molecular weight is 493 g/mol. The number of ether oxygens (including phenoxy) is 2. The van der Waals surface area contributed by atoms with Gasteiger partial charge in [0.2, 0.25) is 11.8 Å². The van der Waals surface area contributed by atoms with E-state index in [1.54, 1.807) is 57.5 Å². The summed E-state index contributed by atoms with van der Waals surface area (Å²) < 4.78 is 41.3. The summed E-state index contributed by atoms with van der Waals surface area (Å²) in [5.41, 5.74) is 1.74. The van der Waals surface area contributed by atoms with Crippen molar-refractivity contribution in [2.45, 2.75) is 19.1 Å². The van der Waals surface area contributed by atoms with Crippen molar-refractivity contribution in [3.63, 3.8) is 0 Å². The van der Waals surface area contributed by atoms with Crippen molar-refractivity contribution < 1.29 is 27.1 Å². The molecule has 0 unspecified atom stereocenters. The van der Waals surface area contributed by atoms with Crippen molar-refractivity contribution in [2.24, 2.45) is 0 Å². The molecule has 0 spiro atoms. The minimum Gasteiger partial charge on any atom is -0.497 e. The number of amides is 1. The zero-order valence-electron chi connectivity index (χ0n) is 18.6. The molecule has 1 N–H and O–H groups in total. The second-order valence-electron chi connectivity index (χ2n) is 7.34. The van der Waals surface area contributed by atoms with Gasteiger partial charge >= 0.3 is 0 Å². The van der Waals surface area contributed by atoms with E-state index in [2.05, 4.69) is 10.3 Å². The van der Waals surface area contributed by atoms with Gasteiger partial charge in [-0.1, -0.05) is 17.7 Å². The fourth-order valence-corrected chi connectivity index (χ4v) is 4.71. The SMILES string of the molecule is COc1ccc(OC)c(CCNC(=O)CS(=O)(=O)Cc2nc(-c3cccc(Cl)c3)oc2C)c1. The van der Waals surface area contributed by atoms with Gasteiger partial charge in [-0.05, 0) is 55.3 Å². The maximum Gasteiger partial charge on any atom is 0.235 e. The van der Waals surface area contributed by atoms with Crippen LogP contribution in [0.3, 0.4) is 0 Å². The zero-order chi connectivity index (χ0) is 24.0. The van der Waals surface area contributed by atoms with E-state index in [1.165, 1.54) is 0 Å². The number of rotatable bonds is 10. The molecule has 0 bridgehead atoms. The second kappa shape index (κ2) is 10.7. The Balaban J connectivity index is 1.58. The summed E-state index contributed by atoms with van der Waals surface area (Å²) in [6, 6.07) is 12.3. The topological polar surface area (TPSA) is 108 Å². The Labute approximate surface area is 197 Å². The molecular formula is C23H25ClN2O6S. The number of carbonyl (C=O) groups is 1. The first-order valence-electron chi connectivity index (χ1n) is 10.1. The first-order chi connectivity index (χ1) is 15.7. The van der Waals surface area contributed by atoms with Crippen LogP contribution in [0.2, 0.25) is 5.02 Å². The number of aromatic nitrogens is 1. The van der Waals surface area contributed by atoms with Gasteiger partial charge in [0.1, 0.15) is 23.0 Å². The smallest absolute Gasteiger partial charge is 0.235 e. The van der Waals surface area contributed by atoms with Gasteiger partial charge in [-0.15, -0.1) is 0 Å². The van der Waals surface area contributed by atoms with Crippen LogP contribution in [0.1, 0.15) is 17.0 Å². The Morgan fingerprint density at radius 1 is 1.15 bits per heavy atom. The number of hydrogen-bond donors (Lipinski definition) is 1. The first-order valence-corrected chi connectivity index (χ1v) is 12.3. The van der Waals surface area contributed by atoms with Crippen LogP contribution in [0, 0.1) is 6.92 Å². The first kappa shape index (κ1) is 24.6. The number of sulfone groups is 1. The molecule has 10 heteroatoms. The summed E-state index contributed by atoms with van der Waals surface area (Å²) in [6.45, 7) is 1.88. The molecule has 0 aliphatic rings. The predicted octanol–water partition coefficient (Wildman–Crippen LogP) is 3.59. The molecule has 33 heavy (non-hydrogen) atoms. The number of hydrogen-bond acceptors (Lipinski definition) is 7. The standard InChI is InChI=1S/C23H25ClN2O6S/c1-15-20(26-23(32-15)17-5-4-6-18(24)11-17)13-33(28,29)14-22(27)25-10-9-16-12-19(30-2)7-8-21(16)31-3/h4-8,11-12H,9-10,13-14H2,1-3H3,(H,25,27). The van der Waals surface area contributed by atoms with Crippen LogP contribution in [0.15, 0.2) is 46.9 Å². The minimum absolute atomic E-state index is 0.250. The van der Waals surface area contributed by atoms with Crippen molar-refractivity contribution in [1.29, 1.82) is 0 Å². The summed E-state index contributed by atoms with van der Waals surface area (Å²) in [6.07, 6.45) is 0.456. The molecule has 0 atom stereocenters. The minimum atomic E-state index is -3.76. The number of oxazole rings is 1. The lowest BCUT2D eigenvalue weighted by Gasteiger charge is -2.11. The predicted molar refractivity (Wildman–Crippen MR) is 125 cm³/mol. The number of halogens is 1. The van der Waals surface area contributed by atoms with Crippen LogP contribution in [0.4, 0.5) is 0 Å². The van der Waals surface area contributed by atoms with Gasteiger partial charge in [-0.3, -0.25) is 4.79 Å². The molecule has 1 heterocycles. The molecule has 1 aromatic heterocycles. The fraction of sp³-hybridized carbons (Fsp3) is 0.304. The van der Waals surface area contributed by atoms with Crippen molar-refractivity contribution >= 4 is 27.3 Å². The fourth-order valence-electron chi connectivity index (χ4n) is 3.23. The number of benzene rings is 2. The summed E-state index contributed by atoms with van der Waals surface area (Å²) in [5, 5.41) is 3.16. The molecule has 1 amide bonds. The Hall–Kier alpha value is -3.04. The molecule has 0 aliphatic heterocycles. The molecule has 0 saturated heterocycles. The number of carbonyl (C=O) groups excluding carboxylic acids is 1. The van der Waals surface area contributed by atoms with Crippen molar-refractivity contribution in [1.82, 2.24) is 10.3 Å². The van der Waals surface area contributed by atoms with E-state index >= 15 is 0 Å². The van der Waals surface area contributed by atoms with E-state index in [4.69, 9.17) is 25.5 Å². The van der Waals surface area contributed by atoms with Crippen LogP contribution >= 0.6 is 11.6 Å². The third-order valence-corrected chi connectivity index (χ3v) is 6.53. The molecule has 3 rings (SSSR count). The summed E-state index contributed by atoms with van der Waals surface area (Å²) in [5.74, 6) is 0.333. The largest absolute Gasteiger partial charge is 0.497 e. The molecule has 0 saturated carbocycles. The molecule has 0 fully saturated rings. The van der Waals surface area contributed by atoms with Crippen LogP contribution in [-0.2, 0) is 26.8 Å². The molecule has 0 radical (unpaired) electrons. The molecule has 176 valence electrons. The number of nitrogens with zero attached hydrogens (tertiary/aromatic N) is 1. The number of aryl methyl sites for hydroxylation is 1. The van der Waals surface area contributed by atoms with E-state index in [9.17, 15) is 13.2 Å². The molecule has 8 nitrogen and oxygen atoms in total. The van der Waals surface area contributed by atoms with E-state index in [1.807, 2.05) is 6.07 Å². The highest BCUT2D eigenvalue weighted by Crippen LogP contribution is 2.26. The maximum absolute atomic E-state index is 12.6. The van der Waals surface area contributed by atoms with Crippen molar-refractivity contribution in [3.05, 3.63) is 64.5 Å². The van der Waals surface area contributed by atoms with Gasteiger partial charge in [0.05, 0.1) is 25.7 Å². The lowest BCUT2D eigenvalue weighted by Crippen LogP contribution is -2.32. The monoisotopic (exact) mass is 492 g/mol. The van der Waals surface area contributed by atoms with E-state index in [0.717, 1.165) is 5.56 Å². The van der Waals surface area contributed by atoms with Gasteiger partial charge in [0.25, 0.3) is 0 Å². The van der Waals surface area contributed by atoms with Crippen LogP contribution in [-0.4, -0.2) is 45.8 Å².